The number of nitrogens with zero attached hydrogens (tertiary/aromatic N) is 1. The molecule has 22 heavy (non-hydrogen) atoms. The van der Waals surface area contributed by atoms with Crippen LogP contribution in [-0.2, 0) is 10.0 Å². The summed E-state index contributed by atoms with van der Waals surface area (Å²) in [5, 5.41) is 3.27. The van der Waals surface area contributed by atoms with E-state index in [1.165, 1.54) is 0 Å². The third-order valence-electron chi connectivity index (χ3n) is 3.31. The molecule has 1 aromatic rings. The maximum atomic E-state index is 12.2. The molecule has 0 radical (unpaired) electrons. The first-order valence-corrected chi connectivity index (χ1v) is 8.95. The molecule has 0 saturated carbocycles. The molecule has 0 bridgehead atoms. The van der Waals surface area contributed by atoms with Crippen LogP contribution in [-0.4, -0.2) is 52.6 Å². The highest BCUT2D eigenvalue weighted by molar-refractivity contribution is 9.10. The molecule has 2 N–H and O–H groups in total. The Morgan fingerprint density at radius 2 is 1.91 bits per heavy atom. The Morgan fingerprint density at radius 3 is 2.50 bits per heavy atom. The summed E-state index contributed by atoms with van der Waals surface area (Å²) in [7, 11) is -3.45. The second-order valence-corrected chi connectivity index (χ2v) is 7.51. The van der Waals surface area contributed by atoms with Crippen molar-refractivity contribution in [1.82, 2.24) is 14.9 Å². The van der Waals surface area contributed by atoms with E-state index in [1.54, 1.807) is 12.1 Å². The molecule has 9 heteroatoms. The fourth-order valence-electron chi connectivity index (χ4n) is 2.17. The summed E-state index contributed by atoms with van der Waals surface area (Å²) in [5.41, 5.74) is 1.02. The first-order valence-electron chi connectivity index (χ1n) is 6.68. The van der Waals surface area contributed by atoms with Gasteiger partial charge in [-0.05, 0) is 40.5 Å². The van der Waals surface area contributed by atoms with Crippen LogP contribution in [0.1, 0.15) is 5.56 Å². The zero-order valence-corrected chi connectivity index (χ0v) is 16.4. The third-order valence-corrected chi connectivity index (χ3v) is 5.74. The Balaban J connectivity index is 0.00000220. The van der Waals surface area contributed by atoms with E-state index in [1.807, 2.05) is 13.0 Å². The number of rotatable bonds is 5. The van der Waals surface area contributed by atoms with Crippen LogP contribution in [0, 0.1) is 6.92 Å². The molecule has 1 aromatic carbocycles. The molecule has 1 saturated heterocycles. The van der Waals surface area contributed by atoms with Gasteiger partial charge in [-0.3, -0.25) is 4.90 Å². The van der Waals surface area contributed by atoms with Gasteiger partial charge in [0.15, 0.2) is 0 Å². The van der Waals surface area contributed by atoms with E-state index in [0.717, 1.165) is 38.3 Å². The summed E-state index contributed by atoms with van der Waals surface area (Å²) in [6, 6.07) is 5.24. The fourth-order valence-corrected chi connectivity index (χ4v) is 4.39. The maximum Gasteiger partial charge on any atom is 0.241 e. The molecule has 2 rings (SSSR count). The summed E-state index contributed by atoms with van der Waals surface area (Å²) in [5.74, 6) is 0. The van der Waals surface area contributed by atoms with Gasteiger partial charge in [0.25, 0.3) is 0 Å². The van der Waals surface area contributed by atoms with Gasteiger partial charge >= 0.3 is 0 Å². The predicted molar refractivity (Wildman–Crippen MR) is 97.9 cm³/mol. The van der Waals surface area contributed by atoms with E-state index in [0.29, 0.717) is 15.9 Å². The van der Waals surface area contributed by atoms with E-state index >= 15 is 0 Å². The van der Waals surface area contributed by atoms with Crippen molar-refractivity contribution in [2.75, 3.05) is 39.3 Å². The summed E-state index contributed by atoms with van der Waals surface area (Å²) in [6.07, 6.45) is 0. The molecule has 5 nitrogen and oxygen atoms in total. The monoisotopic (exact) mass is 433 g/mol. The highest BCUT2D eigenvalue weighted by Crippen LogP contribution is 2.22. The van der Waals surface area contributed by atoms with Crippen molar-refractivity contribution >= 4 is 50.8 Å². The first-order chi connectivity index (χ1) is 9.49. The van der Waals surface area contributed by atoms with Crippen LogP contribution < -0.4 is 10.0 Å². The van der Waals surface area contributed by atoms with E-state index in [9.17, 15) is 8.42 Å². The second-order valence-electron chi connectivity index (χ2n) is 4.92. The van der Waals surface area contributed by atoms with Crippen LogP contribution in [0.4, 0.5) is 0 Å². The van der Waals surface area contributed by atoms with Crippen LogP contribution in [0.15, 0.2) is 27.6 Å². The summed E-state index contributed by atoms with van der Waals surface area (Å²) >= 11 is 3.31. The minimum absolute atomic E-state index is 0. The molecule has 0 spiro atoms. The SMILES string of the molecule is Cc1ccc(S(=O)(=O)NCCN2CCNCC2)c(Br)c1.Cl.Cl. The lowest BCUT2D eigenvalue weighted by atomic mass is 10.2. The number of hydrogen-bond acceptors (Lipinski definition) is 4. The van der Waals surface area contributed by atoms with Crippen molar-refractivity contribution in [2.24, 2.45) is 0 Å². The maximum absolute atomic E-state index is 12.2. The van der Waals surface area contributed by atoms with Crippen molar-refractivity contribution in [1.29, 1.82) is 0 Å². The topological polar surface area (TPSA) is 61.4 Å². The van der Waals surface area contributed by atoms with Crippen LogP contribution in [0.25, 0.3) is 0 Å². The molecule has 0 atom stereocenters. The van der Waals surface area contributed by atoms with Crippen molar-refractivity contribution in [3.63, 3.8) is 0 Å². The van der Waals surface area contributed by atoms with Gasteiger partial charge in [0, 0.05) is 43.7 Å². The Bertz CT molecular complexity index is 566. The number of halogens is 3. The van der Waals surface area contributed by atoms with Crippen LogP contribution in [0.5, 0.6) is 0 Å². The van der Waals surface area contributed by atoms with Gasteiger partial charge < -0.3 is 5.32 Å². The molecule has 1 aliphatic rings. The zero-order valence-electron chi connectivity index (χ0n) is 12.3. The van der Waals surface area contributed by atoms with Gasteiger partial charge in [0.1, 0.15) is 0 Å². The van der Waals surface area contributed by atoms with Gasteiger partial charge in [0.2, 0.25) is 10.0 Å². The number of benzene rings is 1. The van der Waals surface area contributed by atoms with Crippen molar-refractivity contribution < 1.29 is 8.42 Å². The highest BCUT2D eigenvalue weighted by Gasteiger charge is 2.18. The zero-order chi connectivity index (χ0) is 14.6. The molecule has 0 aromatic heterocycles. The normalized spacial score (nSPS) is 15.7. The van der Waals surface area contributed by atoms with Crippen molar-refractivity contribution in [2.45, 2.75) is 11.8 Å². The molecule has 0 aliphatic carbocycles. The van der Waals surface area contributed by atoms with E-state index < -0.39 is 10.0 Å². The average molecular weight is 435 g/mol. The molecule has 1 fully saturated rings. The molecule has 0 amide bonds. The quantitative estimate of drug-likeness (QED) is 0.741. The van der Waals surface area contributed by atoms with Gasteiger partial charge in [-0.1, -0.05) is 6.07 Å². The molecule has 0 unspecified atom stereocenters. The van der Waals surface area contributed by atoms with Gasteiger partial charge in [-0.15, -0.1) is 24.8 Å². The number of nitrogens with one attached hydrogen (secondary N) is 2. The minimum atomic E-state index is -3.45. The Morgan fingerprint density at radius 1 is 1.27 bits per heavy atom. The smallest absolute Gasteiger partial charge is 0.241 e. The second kappa shape index (κ2) is 10.1. The van der Waals surface area contributed by atoms with Gasteiger partial charge in [0.05, 0.1) is 4.90 Å². The van der Waals surface area contributed by atoms with Crippen molar-refractivity contribution in [3.8, 4) is 0 Å². The van der Waals surface area contributed by atoms with Crippen LogP contribution >= 0.6 is 40.7 Å². The molecular formula is C13H22BrCl2N3O2S. The lowest BCUT2D eigenvalue weighted by Crippen LogP contribution is -2.46. The lowest BCUT2D eigenvalue weighted by Gasteiger charge is -2.27. The number of hydrogen-bond donors (Lipinski definition) is 2. The third kappa shape index (κ3) is 6.31. The minimum Gasteiger partial charge on any atom is -0.314 e. The predicted octanol–water partition coefficient (Wildman–Crippen LogP) is 1.78. The van der Waals surface area contributed by atoms with Crippen LogP contribution in [0.2, 0.25) is 0 Å². The fraction of sp³-hybridized carbons (Fsp3) is 0.538. The summed E-state index contributed by atoms with van der Waals surface area (Å²) in [6.45, 7) is 6.98. The van der Waals surface area contributed by atoms with Gasteiger partial charge in [-0.25, -0.2) is 13.1 Å². The lowest BCUT2D eigenvalue weighted by molar-refractivity contribution is 0.245. The highest BCUT2D eigenvalue weighted by atomic mass is 79.9. The summed E-state index contributed by atoms with van der Waals surface area (Å²) in [4.78, 5) is 2.55. The Hall–Kier alpha value is 0.110. The number of aryl methyl sites for hydroxylation is 1. The van der Waals surface area contributed by atoms with E-state index in [2.05, 4.69) is 30.9 Å². The Labute approximate surface area is 153 Å². The van der Waals surface area contributed by atoms with Crippen LogP contribution in [0.3, 0.4) is 0 Å². The van der Waals surface area contributed by atoms with Gasteiger partial charge in [-0.2, -0.15) is 0 Å². The van der Waals surface area contributed by atoms with E-state index in [4.69, 9.17) is 0 Å². The van der Waals surface area contributed by atoms with E-state index in [-0.39, 0.29) is 24.8 Å². The number of piperazine rings is 1. The Kier molecular flexibility index (Phi) is 10.1. The summed E-state index contributed by atoms with van der Waals surface area (Å²) < 4.78 is 27.7. The molecule has 1 heterocycles. The average Bonchev–Trinajstić information content (AvgIpc) is 2.39. The standard InChI is InChI=1S/C13H20BrN3O2S.2ClH/c1-11-2-3-13(12(14)10-11)20(18,19)16-6-9-17-7-4-15-5-8-17;;/h2-3,10,15-16H,4-9H2,1H3;2*1H. The van der Waals surface area contributed by atoms with Crippen molar-refractivity contribution in [3.05, 3.63) is 28.2 Å². The largest absolute Gasteiger partial charge is 0.314 e. The molecular weight excluding hydrogens is 413 g/mol. The molecule has 1 aliphatic heterocycles. The molecule has 128 valence electrons. The number of sulfonamides is 1. The first kappa shape index (κ1) is 22.1.